The topological polar surface area (TPSA) is 66.0 Å². The highest BCUT2D eigenvalue weighted by Gasteiger charge is 2.06. The first-order chi connectivity index (χ1) is 8.63. The van der Waals surface area contributed by atoms with Gasteiger partial charge in [0.2, 0.25) is 0 Å². The van der Waals surface area contributed by atoms with Crippen molar-refractivity contribution in [3.8, 4) is 17.1 Å². The number of para-hydroxylation sites is 1. The maximum Gasteiger partial charge on any atom is 0.259 e. The van der Waals surface area contributed by atoms with Gasteiger partial charge in [0, 0.05) is 0 Å². The second-order valence-corrected chi connectivity index (χ2v) is 3.69. The van der Waals surface area contributed by atoms with E-state index in [9.17, 15) is 9.90 Å². The molecule has 0 saturated heterocycles. The Balaban J connectivity index is 2.75. The van der Waals surface area contributed by atoms with Crippen LogP contribution in [0.2, 0.25) is 0 Å². The first kappa shape index (κ1) is 11.9. The smallest absolute Gasteiger partial charge is 0.259 e. The third kappa shape index (κ3) is 2.08. The number of rotatable bonds is 2. The molecule has 4 nitrogen and oxygen atoms in total. The first-order valence-corrected chi connectivity index (χ1v) is 5.34. The SMILES string of the molecule is C=C/C=c1\c(=C)nc(-c2ccccc2O)[nH]c1=O. The summed E-state index contributed by atoms with van der Waals surface area (Å²) in [4.78, 5) is 18.6. The summed E-state index contributed by atoms with van der Waals surface area (Å²) >= 11 is 0. The summed E-state index contributed by atoms with van der Waals surface area (Å²) in [6.07, 6.45) is 3.05. The first-order valence-electron chi connectivity index (χ1n) is 5.34. The Morgan fingerprint density at radius 3 is 2.67 bits per heavy atom. The van der Waals surface area contributed by atoms with Gasteiger partial charge in [0.05, 0.1) is 16.1 Å². The number of hydrogen-bond acceptors (Lipinski definition) is 3. The average molecular weight is 240 g/mol. The number of phenolic OH excluding ortho intramolecular Hbond substituents is 1. The van der Waals surface area contributed by atoms with E-state index in [0.717, 1.165) is 0 Å². The minimum Gasteiger partial charge on any atom is -0.507 e. The van der Waals surface area contributed by atoms with Crippen LogP contribution >= 0.6 is 0 Å². The maximum absolute atomic E-state index is 11.8. The largest absolute Gasteiger partial charge is 0.507 e. The number of phenols is 1. The zero-order chi connectivity index (χ0) is 13.1. The normalized spacial score (nSPS) is 11.4. The van der Waals surface area contributed by atoms with Crippen LogP contribution in [0.25, 0.3) is 24.0 Å². The lowest BCUT2D eigenvalue weighted by Crippen LogP contribution is -2.42. The lowest BCUT2D eigenvalue weighted by Gasteiger charge is -2.03. The molecule has 90 valence electrons. The highest BCUT2D eigenvalue weighted by atomic mass is 16.3. The Morgan fingerprint density at radius 2 is 2.06 bits per heavy atom. The highest BCUT2D eigenvalue weighted by molar-refractivity contribution is 5.63. The molecule has 0 saturated carbocycles. The van der Waals surface area contributed by atoms with Crippen molar-refractivity contribution < 1.29 is 5.11 Å². The molecule has 0 fully saturated rings. The van der Waals surface area contributed by atoms with E-state index in [2.05, 4.69) is 23.1 Å². The van der Waals surface area contributed by atoms with Gasteiger partial charge in [-0.2, -0.15) is 0 Å². The molecule has 2 rings (SSSR count). The Hall–Kier alpha value is -2.62. The van der Waals surface area contributed by atoms with Crippen molar-refractivity contribution in [1.82, 2.24) is 9.97 Å². The van der Waals surface area contributed by atoms with Gasteiger partial charge in [-0.15, -0.1) is 0 Å². The second-order valence-electron chi connectivity index (χ2n) is 3.69. The van der Waals surface area contributed by atoms with E-state index < -0.39 is 0 Å². The molecule has 0 atom stereocenters. The second kappa shape index (κ2) is 4.71. The van der Waals surface area contributed by atoms with Gasteiger partial charge in [-0.05, 0) is 18.2 Å². The van der Waals surface area contributed by atoms with Crippen molar-refractivity contribution >= 4 is 12.7 Å². The molecule has 1 aromatic carbocycles. The van der Waals surface area contributed by atoms with Crippen LogP contribution < -0.4 is 16.1 Å². The number of benzene rings is 1. The van der Waals surface area contributed by atoms with Crippen LogP contribution in [0.4, 0.5) is 0 Å². The van der Waals surface area contributed by atoms with E-state index in [1.165, 1.54) is 12.1 Å². The summed E-state index contributed by atoms with van der Waals surface area (Å²) in [6, 6.07) is 6.65. The van der Waals surface area contributed by atoms with Gasteiger partial charge in [-0.3, -0.25) is 4.79 Å². The summed E-state index contributed by atoms with van der Waals surface area (Å²) < 4.78 is 0. The number of aromatic amines is 1. The zero-order valence-electron chi connectivity index (χ0n) is 9.68. The molecular weight excluding hydrogens is 228 g/mol. The Morgan fingerprint density at radius 1 is 1.33 bits per heavy atom. The lowest BCUT2D eigenvalue weighted by molar-refractivity contribution is 0.477. The van der Waals surface area contributed by atoms with Gasteiger partial charge in [-0.1, -0.05) is 31.4 Å². The molecule has 2 aromatic rings. The quantitative estimate of drug-likeness (QED) is 0.804. The van der Waals surface area contributed by atoms with Gasteiger partial charge >= 0.3 is 0 Å². The van der Waals surface area contributed by atoms with E-state index in [0.29, 0.717) is 22.0 Å². The summed E-state index contributed by atoms with van der Waals surface area (Å²) in [7, 11) is 0. The third-order valence-electron chi connectivity index (χ3n) is 2.48. The number of hydrogen-bond donors (Lipinski definition) is 2. The molecule has 0 spiro atoms. The minimum absolute atomic E-state index is 0.0560. The monoisotopic (exact) mass is 240 g/mol. The molecule has 4 heteroatoms. The number of H-pyrrole nitrogens is 1. The molecule has 18 heavy (non-hydrogen) atoms. The minimum atomic E-state index is -0.312. The van der Waals surface area contributed by atoms with Crippen LogP contribution in [0.5, 0.6) is 5.75 Å². The molecule has 1 aromatic heterocycles. The fraction of sp³-hybridized carbons (Fsp3) is 0. The molecule has 0 aliphatic carbocycles. The molecular formula is C14H12N2O2. The predicted octanol–water partition coefficient (Wildman–Crippen LogP) is 0.519. The summed E-state index contributed by atoms with van der Waals surface area (Å²) in [5.74, 6) is 0.352. The highest BCUT2D eigenvalue weighted by Crippen LogP contribution is 2.23. The van der Waals surface area contributed by atoms with Crippen LogP contribution in [0, 0.1) is 0 Å². The molecule has 0 radical (unpaired) electrons. The molecule has 0 aliphatic rings. The zero-order valence-corrected chi connectivity index (χ0v) is 9.68. The van der Waals surface area contributed by atoms with Crippen LogP contribution in [0.3, 0.4) is 0 Å². The fourth-order valence-electron chi connectivity index (χ4n) is 1.62. The summed E-state index contributed by atoms with van der Waals surface area (Å²) in [5.41, 5.74) is 0.151. The van der Waals surface area contributed by atoms with Crippen molar-refractivity contribution in [3.05, 3.63) is 57.8 Å². The van der Waals surface area contributed by atoms with Crippen molar-refractivity contribution in [2.75, 3.05) is 0 Å². The van der Waals surface area contributed by atoms with Gasteiger partial charge in [0.1, 0.15) is 11.6 Å². The Bertz CT molecular complexity index is 726. The van der Waals surface area contributed by atoms with Crippen LogP contribution in [0.1, 0.15) is 0 Å². The standard InChI is InChI=1S/C14H12N2O2/c1-3-6-10-9(2)15-13(16-14(10)18)11-7-4-5-8-12(11)17/h3-8,17H,1-2H2,(H,15,16,18)/b10-6+. The molecule has 0 aliphatic heterocycles. The molecule has 2 N–H and O–H groups in total. The van der Waals surface area contributed by atoms with Gasteiger partial charge < -0.3 is 10.1 Å². The molecule has 0 unspecified atom stereocenters. The van der Waals surface area contributed by atoms with E-state index in [-0.39, 0.29) is 11.3 Å². The number of allylic oxidation sites excluding steroid dienone is 1. The van der Waals surface area contributed by atoms with E-state index in [1.807, 2.05) is 0 Å². The van der Waals surface area contributed by atoms with Gasteiger partial charge in [-0.25, -0.2) is 4.98 Å². The number of aromatic nitrogens is 2. The number of nitrogens with zero attached hydrogens (tertiary/aromatic N) is 1. The number of nitrogens with one attached hydrogen (secondary N) is 1. The molecule has 0 bridgehead atoms. The maximum atomic E-state index is 11.8. The van der Waals surface area contributed by atoms with Crippen molar-refractivity contribution in [3.63, 3.8) is 0 Å². The van der Waals surface area contributed by atoms with Crippen molar-refractivity contribution in [2.24, 2.45) is 0 Å². The van der Waals surface area contributed by atoms with Crippen LogP contribution in [-0.2, 0) is 0 Å². The van der Waals surface area contributed by atoms with E-state index in [4.69, 9.17) is 0 Å². The Kier molecular flexibility index (Phi) is 3.10. The van der Waals surface area contributed by atoms with Crippen molar-refractivity contribution in [2.45, 2.75) is 0 Å². The van der Waals surface area contributed by atoms with Crippen LogP contribution in [-0.4, -0.2) is 15.1 Å². The van der Waals surface area contributed by atoms with Crippen LogP contribution in [0.15, 0.2) is 41.7 Å². The lowest BCUT2D eigenvalue weighted by atomic mass is 10.2. The Labute approximate surface area is 103 Å². The van der Waals surface area contributed by atoms with E-state index >= 15 is 0 Å². The third-order valence-corrected chi connectivity index (χ3v) is 2.48. The number of aromatic hydroxyl groups is 1. The predicted molar refractivity (Wildman–Crippen MR) is 71.4 cm³/mol. The van der Waals surface area contributed by atoms with Gasteiger partial charge in [0.25, 0.3) is 5.56 Å². The summed E-state index contributed by atoms with van der Waals surface area (Å²) in [5, 5.41) is 10.4. The average Bonchev–Trinajstić information content (AvgIpc) is 2.34. The molecule has 0 amide bonds. The summed E-state index contributed by atoms with van der Waals surface area (Å²) in [6.45, 7) is 7.25. The van der Waals surface area contributed by atoms with Crippen molar-refractivity contribution in [1.29, 1.82) is 0 Å². The van der Waals surface area contributed by atoms with Gasteiger partial charge in [0.15, 0.2) is 0 Å². The van der Waals surface area contributed by atoms with E-state index in [1.54, 1.807) is 24.3 Å². The fourth-order valence-corrected chi connectivity index (χ4v) is 1.62. The molecule has 1 heterocycles.